The van der Waals surface area contributed by atoms with Gasteiger partial charge in [-0.05, 0) is 31.2 Å². The molecule has 0 unspecified atom stereocenters. The molecule has 0 spiro atoms. The quantitative estimate of drug-likeness (QED) is 0.361. The smallest absolute Gasteiger partial charge is 0.259 e. The van der Waals surface area contributed by atoms with Gasteiger partial charge >= 0.3 is 0 Å². The number of aliphatic hydroxyl groups is 1. The minimum Gasteiger partial charge on any atom is -0.395 e. The van der Waals surface area contributed by atoms with Gasteiger partial charge in [0.05, 0.1) is 17.8 Å². The van der Waals surface area contributed by atoms with Gasteiger partial charge in [0.2, 0.25) is 5.91 Å². The minimum absolute atomic E-state index is 0.00833. The van der Waals surface area contributed by atoms with E-state index in [0.29, 0.717) is 21.8 Å². The Kier molecular flexibility index (Phi) is 5.70. The van der Waals surface area contributed by atoms with E-state index in [4.69, 9.17) is 16.7 Å². The number of imide groups is 1. The number of benzene rings is 2. The third-order valence-corrected chi connectivity index (χ3v) is 6.60. The van der Waals surface area contributed by atoms with Gasteiger partial charge in [0, 0.05) is 63.4 Å². The number of aryl methyl sites for hydroxylation is 1. The monoisotopic (exact) mass is 490 g/mol. The Morgan fingerprint density at radius 3 is 2.57 bits per heavy atom. The van der Waals surface area contributed by atoms with E-state index >= 15 is 0 Å². The number of aromatic nitrogens is 2. The van der Waals surface area contributed by atoms with Crippen LogP contribution in [0.25, 0.3) is 33.0 Å². The van der Waals surface area contributed by atoms with Crippen LogP contribution in [0.4, 0.5) is 0 Å². The second-order valence-corrected chi connectivity index (χ2v) is 8.92. The van der Waals surface area contributed by atoms with Crippen LogP contribution in [-0.4, -0.2) is 45.1 Å². The molecule has 2 aromatic carbocycles. The van der Waals surface area contributed by atoms with Crippen LogP contribution in [0.2, 0.25) is 5.02 Å². The summed E-state index contributed by atoms with van der Waals surface area (Å²) in [7, 11) is 1.87. The molecule has 0 radical (unpaired) electrons. The molecule has 3 amide bonds. The number of halogens is 1. The normalized spacial score (nSPS) is 13.8. The summed E-state index contributed by atoms with van der Waals surface area (Å²) in [5.41, 5.74) is 4.08. The van der Waals surface area contributed by atoms with Crippen LogP contribution >= 0.6 is 11.6 Å². The molecule has 2 aromatic heterocycles. The average Bonchev–Trinajstić information content (AvgIpc) is 3.40. The summed E-state index contributed by atoms with van der Waals surface area (Å²) in [6.45, 7) is 1.83. The molecular weight excluding hydrogens is 468 g/mol. The Labute approximate surface area is 205 Å². The van der Waals surface area contributed by atoms with Gasteiger partial charge < -0.3 is 19.6 Å². The number of fused-ring (bicyclic) bond motifs is 2. The van der Waals surface area contributed by atoms with Crippen molar-refractivity contribution < 1.29 is 19.5 Å². The lowest BCUT2D eigenvalue weighted by atomic mass is 9.94. The molecule has 4 aromatic rings. The third kappa shape index (κ3) is 3.71. The number of nitrogens with one attached hydrogen (secondary N) is 2. The summed E-state index contributed by atoms with van der Waals surface area (Å²) in [5.74, 6) is -1.23. The average molecular weight is 491 g/mol. The zero-order valence-electron chi connectivity index (χ0n) is 19.2. The van der Waals surface area contributed by atoms with Gasteiger partial charge in [-0.1, -0.05) is 29.8 Å². The molecule has 1 aliphatic heterocycles. The van der Waals surface area contributed by atoms with Crippen molar-refractivity contribution in [1.29, 1.82) is 0 Å². The maximum atomic E-state index is 13.2. The lowest BCUT2D eigenvalue weighted by Crippen LogP contribution is -2.30. The largest absolute Gasteiger partial charge is 0.395 e. The van der Waals surface area contributed by atoms with Crippen LogP contribution in [0.1, 0.15) is 16.8 Å². The van der Waals surface area contributed by atoms with Crippen molar-refractivity contribution in [2.45, 2.75) is 13.5 Å². The lowest BCUT2D eigenvalue weighted by molar-refractivity contribution is -0.123. The number of hydrogen-bond acceptors (Lipinski definition) is 4. The van der Waals surface area contributed by atoms with Crippen molar-refractivity contribution in [3.05, 3.63) is 70.5 Å². The van der Waals surface area contributed by atoms with E-state index < -0.39 is 11.8 Å². The molecule has 0 atom stereocenters. The SMILES string of the molecule is Cc1c(C2=C(c3cn(C)c4ccc(Cl)cc34)C(=O)NC2=O)c2ccccc2n1CC(=O)NCCO. The molecule has 5 rings (SSSR count). The second-order valence-electron chi connectivity index (χ2n) is 8.49. The van der Waals surface area contributed by atoms with Crippen LogP contribution in [0.5, 0.6) is 0 Å². The third-order valence-electron chi connectivity index (χ3n) is 6.37. The van der Waals surface area contributed by atoms with Crippen LogP contribution < -0.4 is 10.6 Å². The van der Waals surface area contributed by atoms with Gasteiger partial charge in [-0.15, -0.1) is 0 Å². The minimum atomic E-state index is -0.486. The van der Waals surface area contributed by atoms with E-state index in [1.165, 1.54) is 0 Å². The maximum absolute atomic E-state index is 13.2. The number of carbonyl (C=O) groups is 3. The molecule has 3 heterocycles. The highest BCUT2D eigenvalue weighted by molar-refractivity contribution is 6.51. The van der Waals surface area contributed by atoms with E-state index in [0.717, 1.165) is 21.8 Å². The Morgan fingerprint density at radius 1 is 1.06 bits per heavy atom. The predicted octanol–water partition coefficient (Wildman–Crippen LogP) is 2.77. The Morgan fingerprint density at radius 2 is 1.80 bits per heavy atom. The molecule has 3 N–H and O–H groups in total. The van der Waals surface area contributed by atoms with Gasteiger partial charge in [-0.3, -0.25) is 19.7 Å². The van der Waals surface area contributed by atoms with Crippen LogP contribution in [0, 0.1) is 6.92 Å². The van der Waals surface area contributed by atoms with E-state index in [1.807, 2.05) is 59.6 Å². The van der Waals surface area contributed by atoms with Crippen molar-refractivity contribution in [2.75, 3.05) is 13.2 Å². The van der Waals surface area contributed by atoms with E-state index in [-0.39, 0.29) is 36.7 Å². The standard InChI is InChI=1S/C26H23ClN4O4/c1-14-22(16-5-3-4-6-20(16)31(14)13-21(33)28-9-10-32)24-23(25(34)29-26(24)35)18-12-30(2)19-8-7-15(27)11-17(18)19/h3-8,11-12,32H,9-10,13H2,1-2H3,(H,28,33)(H,29,34,35). The summed E-state index contributed by atoms with van der Waals surface area (Å²) >= 11 is 6.27. The van der Waals surface area contributed by atoms with Crippen LogP contribution in [0.15, 0.2) is 48.7 Å². The molecule has 8 nitrogen and oxygen atoms in total. The maximum Gasteiger partial charge on any atom is 0.259 e. The molecule has 0 aliphatic carbocycles. The molecule has 0 fully saturated rings. The molecule has 0 saturated carbocycles. The molecule has 35 heavy (non-hydrogen) atoms. The Bertz CT molecular complexity index is 1580. The highest BCUT2D eigenvalue weighted by atomic mass is 35.5. The highest BCUT2D eigenvalue weighted by Gasteiger charge is 2.36. The van der Waals surface area contributed by atoms with Crippen molar-refractivity contribution in [3.8, 4) is 0 Å². The van der Waals surface area contributed by atoms with Gasteiger partial charge in [0.15, 0.2) is 0 Å². The summed E-state index contributed by atoms with van der Waals surface area (Å²) in [5, 5.41) is 16.2. The van der Waals surface area contributed by atoms with Gasteiger partial charge in [-0.25, -0.2) is 0 Å². The number of aliphatic hydroxyl groups excluding tert-OH is 1. The lowest BCUT2D eigenvalue weighted by Gasteiger charge is -2.09. The van der Waals surface area contributed by atoms with Crippen LogP contribution in [0.3, 0.4) is 0 Å². The van der Waals surface area contributed by atoms with Crippen molar-refractivity contribution in [3.63, 3.8) is 0 Å². The van der Waals surface area contributed by atoms with Crippen LogP contribution in [-0.2, 0) is 28.0 Å². The molecule has 9 heteroatoms. The highest BCUT2D eigenvalue weighted by Crippen LogP contribution is 2.40. The van der Waals surface area contributed by atoms with Crippen molar-refractivity contribution in [1.82, 2.24) is 19.8 Å². The first-order valence-corrected chi connectivity index (χ1v) is 11.5. The Balaban J connectivity index is 1.78. The number of hydrogen-bond donors (Lipinski definition) is 3. The van der Waals surface area contributed by atoms with Gasteiger partial charge in [-0.2, -0.15) is 0 Å². The number of rotatable bonds is 6. The number of carbonyl (C=O) groups excluding carboxylic acids is 3. The summed E-state index contributed by atoms with van der Waals surface area (Å²) < 4.78 is 3.71. The molecule has 1 aliphatic rings. The topological polar surface area (TPSA) is 105 Å². The van der Waals surface area contributed by atoms with Gasteiger partial charge in [0.25, 0.3) is 11.8 Å². The summed E-state index contributed by atoms with van der Waals surface area (Å²) in [4.78, 5) is 38.8. The first-order valence-electron chi connectivity index (χ1n) is 11.1. The number of para-hydroxylation sites is 1. The zero-order chi connectivity index (χ0) is 24.9. The number of nitrogens with zero attached hydrogens (tertiary/aromatic N) is 2. The first-order chi connectivity index (χ1) is 16.8. The fourth-order valence-electron chi connectivity index (χ4n) is 4.86. The molecule has 178 valence electrons. The fourth-order valence-corrected chi connectivity index (χ4v) is 5.03. The van der Waals surface area contributed by atoms with Gasteiger partial charge in [0.1, 0.15) is 6.54 Å². The molecular formula is C26H23ClN4O4. The van der Waals surface area contributed by atoms with E-state index in [9.17, 15) is 14.4 Å². The van der Waals surface area contributed by atoms with E-state index in [2.05, 4.69) is 10.6 Å². The second kappa shape index (κ2) is 8.72. The summed E-state index contributed by atoms with van der Waals surface area (Å²) in [6, 6.07) is 12.9. The van der Waals surface area contributed by atoms with Crippen molar-refractivity contribution >= 4 is 62.3 Å². The van der Waals surface area contributed by atoms with E-state index in [1.54, 1.807) is 12.1 Å². The fraction of sp³-hybridized carbons (Fsp3) is 0.192. The zero-order valence-corrected chi connectivity index (χ0v) is 19.9. The first kappa shape index (κ1) is 22.9. The molecule has 0 bridgehead atoms. The Hall–Kier alpha value is -3.88. The van der Waals surface area contributed by atoms with Crippen molar-refractivity contribution in [2.24, 2.45) is 7.05 Å². The molecule has 0 saturated heterocycles. The summed E-state index contributed by atoms with van der Waals surface area (Å²) in [6.07, 6.45) is 1.82. The predicted molar refractivity (Wildman–Crippen MR) is 135 cm³/mol. The number of amides is 3.